The number of nitrogens with zero attached hydrogens (tertiary/aromatic N) is 1. The van der Waals surface area contributed by atoms with Crippen LogP contribution in [0.3, 0.4) is 0 Å². The maximum atomic E-state index is 5.44. The van der Waals surface area contributed by atoms with Gasteiger partial charge in [0.25, 0.3) is 0 Å². The molecule has 3 nitrogen and oxygen atoms in total. The Bertz CT molecular complexity index is 369. The van der Waals surface area contributed by atoms with Gasteiger partial charge in [-0.25, -0.2) is 0 Å². The second kappa shape index (κ2) is 9.23. The Morgan fingerprint density at radius 2 is 2.11 bits per heavy atom. The topological polar surface area (TPSA) is 24.5 Å². The van der Waals surface area contributed by atoms with Crippen LogP contribution in [-0.4, -0.2) is 44.9 Å². The highest BCUT2D eigenvalue weighted by Crippen LogP contribution is 2.24. The van der Waals surface area contributed by atoms with Crippen molar-refractivity contribution in [1.82, 2.24) is 10.2 Å². The molecule has 1 aromatic rings. The fourth-order valence-corrected chi connectivity index (χ4v) is 2.84. The van der Waals surface area contributed by atoms with Gasteiger partial charge in [-0.05, 0) is 38.3 Å². The SMILES string of the molecule is CCNCc1ccc(OC)c(CSCCN(C)C)c1. The van der Waals surface area contributed by atoms with Crippen molar-refractivity contribution >= 4 is 11.8 Å². The lowest BCUT2D eigenvalue weighted by atomic mass is 10.1. The normalized spacial score (nSPS) is 11.0. The number of nitrogens with one attached hydrogen (secondary N) is 1. The summed E-state index contributed by atoms with van der Waals surface area (Å²) in [4.78, 5) is 2.21. The van der Waals surface area contributed by atoms with Crippen LogP contribution in [0.2, 0.25) is 0 Å². The summed E-state index contributed by atoms with van der Waals surface area (Å²) in [5.74, 6) is 3.16. The van der Waals surface area contributed by atoms with Crippen molar-refractivity contribution in [2.45, 2.75) is 19.2 Å². The molecule has 1 aromatic carbocycles. The molecular formula is C15H26N2OS. The Labute approximate surface area is 121 Å². The van der Waals surface area contributed by atoms with E-state index in [1.54, 1.807) is 7.11 Å². The van der Waals surface area contributed by atoms with Crippen LogP contribution in [0, 0.1) is 0 Å². The summed E-state index contributed by atoms with van der Waals surface area (Å²) < 4.78 is 5.44. The molecule has 1 N–H and O–H groups in total. The molecule has 0 heterocycles. The molecule has 0 saturated heterocycles. The lowest BCUT2D eigenvalue weighted by molar-refractivity contribution is 0.411. The van der Waals surface area contributed by atoms with Gasteiger partial charge >= 0.3 is 0 Å². The fourth-order valence-electron chi connectivity index (χ4n) is 1.75. The third-order valence-corrected chi connectivity index (χ3v) is 3.85. The first-order chi connectivity index (χ1) is 9.17. The highest BCUT2D eigenvalue weighted by atomic mass is 32.2. The summed E-state index contributed by atoms with van der Waals surface area (Å²) >= 11 is 1.95. The number of hydrogen-bond acceptors (Lipinski definition) is 4. The Hall–Kier alpha value is -0.710. The van der Waals surface area contributed by atoms with Gasteiger partial charge in [-0.15, -0.1) is 0 Å². The van der Waals surface area contributed by atoms with Crippen LogP contribution in [-0.2, 0) is 12.3 Å². The second-order valence-electron chi connectivity index (χ2n) is 4.78. The van der Waals surface area contributed by atoms with Gasteiger partial charge in [0.15, 0.2) is 0 Å². The van der Waals surface area contributed by atoms with Gasteiger partial charge < -0.3 is 15.0 Å². The Balaban J connectivity index is 2.57. The molecule has 0 fully saturated rings. The summed E-state index contributed by atoms with van der Waals surface area (Å²) in [5.41, 5.74) is 2.62. The minimum Gasteiger partial charge on any atom is -0.496 e. The summed E-state index contributed by atoms with van der Waals surface area (Å²) in [6.45, 7) is 5.17. The predicted molar refractivity (Wildman–Crippen MR) is 85.1 cm³/mol. The highest BCUT2D eigenvalue weighted by molar-refractivity contribution is 7.98. The number of methoxy groups -OCH3 is 1. The van der Waals surface area contributed by atoms with E-state index in [2.05, 4.69) is 49.4 Å². The zero-order chi connectivity index (χ0) is 14.1. The van der Waals surface area contributed by atoms with Crippen molar-refractivity contribution in [2.24, 2.45) is 0 Å². The zero-order valence-electron chi connectivity index (χ0n) is 12.5. The molecule has 0 saturated carbocycles. The van der Waals surface area contributed by atoms with E-state index in [9.17, 15) is 0 Å². The van der Waals surface area contributed by atoms with E-state index < -0.39 is 0 Å². The van der Waals surface area contributed by atoms with Crippen molar-refractivity contribution in [2.75, 3.05) is 40.0 Å². The maximum Gasteiger partial charge on any atom is 0.122 e. The summed E-state index contributed by atoms with van der Waals surface area (Å²) in [6.07, 6.45) is 0. The molecule has 0 aliphatic rings. The van der Waals surface area contributed by atoms with E-state index in [4.69, 9.17) is 4.74 Å². The van der Waals surface area contributed by atoms with Crippen molar-refractivity contribution < 1.29 is 4.74 Å². The Morgan fingerprint density at radius 1 is 1.32 bits per heavy atom. The molecule has 0 atom stereocenters. The van der Waals surface area contributed by atoms with Crippen molar-refractivity contribution in [1.29, 1.82) is 0 Å². The Morgan fingerprint density at radius 3 is 2.74 bits per heavy atom. The van der Waals surface area contributed by atoms with E-state index in [-0.39, 0.29) is 0 Å². The van der Waals surface area contributed by atoms with Crippen LogP contribution >= 0.6 is 11.8 Å². The lowest BCUT2D eigenvalue weighted by Crippen LogP contribution is -2.15. The molecule has 0 amide bonds. The summed E-state index contributed by atoms with van der Waals surface area (Å²) in [7, 11) is 5.96. The van der Waals surface area contributed by atoms with E-state index >= 15 is 0 Å². The van der Waals surface area contributed by atoms with Gasteiger partial charge in [0.2, 0.25) is 0 Å². The van der Waals surface area contributed by atoms with Crippen LogP contribution in [0.25, 0.3) is 0 Å². The van der Waals surface area contributed by atoms with Gasteiger partial charge in [0.1, 0.15) is 5.75 Å². The Kier molecular flexibility index (Phi) is 7.94. The smallest absolute Gasteiger partial charge is 0.122 e. The first kappa shape index (κ1) is 16.3. The van der Waals surface area contributed by atoms with Gasteiger partial charge in [-0.1, -0.05) is 13.0 Å². The lowest BCUT2D eigenvalue weighted by Gasteiger charge is -2.12. The van der Waals surface area contributed by atoms with Gasteiger partial charge in [0.05, 0.1) is 7.11 Å². The highest BCUT2D eigenvalue weighted by Gasteiger charge is 2.05. The molecule has 1 rings (SSSR count). The quantitative estimate of drug-likeness (QED) is 0.704. The van der Waals surface area contributed by atoms with Gasteiger partial charge in [-0.2, -0.15) is 11.8 Å². The number of benzene rings is 1. The molecule has 0 bridgehead atoms. The number of hydrogen-bond donors (Lipinski definition) is 1. The maximum absolute atomic E-state index is 5.44. The number of ether oxygens (including phenoxy) is 1. The molecule has 0 aromatic heterocycles. The largest absolute Gasteiger partial charge is 0.496 e. The van der Waals surface area contributed by atoms with Crippen LogP contribution < -0.4 is 10.1 Å². The summed E-state index contributed by atoms with van der Waals surface area (Å²) in [6, 6.07) is 6.47. The van der Waals surface area contributed by atoms with E-state index in [1.807, 2.05) is 11.8 Å². The molecule has 0 aliphatic carbocycles. The van der Waals surface area contributed by atoms with E-state index in [1.165, 1.54) is 11.1 Å². The zero-order valence-corrected chi connectivity index (χ0v) is 13.3. The first-order valence-corrected chi connectivity index (χ1v) is 7.91. The van der Waals surface area contributed by atoms with Crippen LogP contribution in [0.15, 0.2) is 18.2 Å². The molecule has 0 radical (unpaired) electrons. The van der Waals surface area contributed by atoms with Gasteiger partial charge in [-0.3, -0.25) is 0 Å². The summed E-state index contributed by atoms with van der Waals surface area (Å²) in [5, 5.41) is 3.36. The standard InChI is InChI=1S/C15H26N2OS/c1-5-16-11-13-6-7-15(18-4)14(10-13)12-19-9-8-17(2)3/h6-7,10,16H,5,8-9,11-12H2,1-4H3. The molecule has 19 heavy (non-hydrogen) atoms. The average Bonchev–Trinajstić information content (AvgIpc) is 2.41. The monoisotopic (exact) mass is 282 g/mol. The fraction of sp³-hybridized carbons (Fsp3) is 0.600. The molecule has 0 spiro atoms. The van der Waals surface area contributed by atoms with Crippen molar-refractivity contribution in [3.63, 3.8) is 0 Å². The van der Waals surface area contributed by atoms with E-state index in [0.29, 0.717) is 0 Å². The van der Waals surface area contributed by atoms with Gasteiger partial charge in [0, 0.05) is 30.2 Å². The van der Waals surface area contributed by atoms with Crippen LogP contribution in [0.1, 0.15) is 18.1 Å². The number of rotatable bonds is 9. The molecule has 0 unspecified atom stereocenters. The third-order valence-electron chi connectivity index (χ3n) is 2.86. The molecule has 4 heteroatoms. The molecule has 108 valence electrons. The van der Waals surface area contributed by atoms with Crippen LogP contribution in [0.4, 0.5) is 0 Å². The number of thioether (sulfide) groups is 1. The van der Waals surface area contributed by atoms with Crippen molar-refractivity contribution in [3.05, 3.63) is 29.3 Å². The van der Waals surface area contributed by atoms with Crippen molar-refractivity contribution in [3.8, 4) is 5.75 Å². The minimum atomic E-state index is 0.926. The van der Waals surface area contributed by atoms with Crippen LogP contribution in [0.5, 0.6) is 5.75 Å². The van der Waals surface area contributed by atoms with E-state index in [0.717, 1.165) is 36.9 Å². The third kappa shape index (κ3) is 6.32. The molecular weight excluding hydrogens is 256 g/mol. The average molecular weight is 282 g/mol. The first-order valence-electron chi connectivity index (χ1n) is 6.76. The molecule has 0 aliphatic heterocycles. The second-order valence-corrected chi connectivity index (χ2v) is 5.89. The predicted octanol–water partition coefficient (Wildman–Crippen LogP) is 2.60. The minimum absolute atomic E-state index is 0.926.